The zero-order chi connectivity index (χ0) is 16.4. The minimum absolute atomic E-state index is 0.0418. The Morgan fingerprint density at radius 3 is 2.70 bits per heavy atom. The number of rotatable bonds is 5. The number of hydrogen-bond acceptors (Lipinski definition) is 4. The molecule has 0 amide bonds. The third kappa shape index (κ3) is 3.22. The number of fused-ring (bicyclic) bond motifs is 1. The molecule has 23 heavy (non-hydrogen) atoms. The first kappa shape index (κ1) is 15.9. The molecule has 0 saturated heterocycles. The van der Waals surface area contributed by atoms with Gasteiger partial charge in [-0.3, -0.25) is 4.79 Å². The first-order valence-corrected chi connectivity index (χ1v) is 8.73. The Morgan fingerprint density at radius 2 is 2.00 bits per heavy atom. The quantitative estimate of drug-likeness (QED) is 0.547. The predicted molar refractivity (Wildman–Crippen MR) is 94.8 cm³/mol. The Hall–Kier alpha value is -1.94. The molecule has 1 aliphatic heterocycles. The van der Waals surface area contributed by atoms with Crippen LogP contribution in [0.15, 0.2) is 62.6 Å². The van der Waals surface area contributed by atoms with Gasteiger partial charge >= 0.3 is 0 Å². The minimum Gasteiger partial charge on any atom is -0.461 e. The Bertz CT molecular complexity index is 732. The van der Waals surface area contributed by atoms with Crippen molar-refractivity contribution >= 4 is 23.2 Å². The van der Waals surface area contributed by atoms with Crippen LogP contribution in [-0.4, -0.2) is 12.3 Å². The van der Waals surface area contributed by atoms with Crippen molar-refractivity contribution in [2.75, 3.05) is 11.4 Å². The number of furan rings is 1. The van der Waals surface area contributed by atoms with Gasteiger partial charge in [-0.05, 0) is 43.5 Å². The zero-order valence-corrected chi connectivity index (χ0v) is 14.5. The SMILES string of the molecule is C/C(C(=O)c1ccco1)=C1/Sc2ccccc2N1CCC(C)C. The maximum absolute atomic E-state index is 12.6. The van der Waals surface area contributed by atoms with Gasteiger partial charge in [0.1, 0.15) is 0 Å². The van der Waals surface area contributed by atoms with Crippen LogP contribution >= 0.6 is 11.8 Å². The average Bonchev–Trinajstić information content (AvgIpc) is 3.19. The number of ketones is 1. The molecule has 3 nitrogen and oxygen atoms in total. The van der Waals surface area contributed by atoms with Crippen LogP contribution < -0.4 is 4.90 Å². The van der Waals surface area contributed by atoms with E-state index in [9.17, 15) is 4.79 Å². The van der Waals surface area contributed by atoms with Gasteiger partial charge in [-0.2, -0.15) is 0 Å². The summed E-state index contributed by atoms with van der Waals surface area (Å²) in [5, 5.41) is 1.02. The van der Waals surface area contributed by atoms with Crippen molar-refractivity contribution in [2.24, 2.45) is 5.92 Å². The summed E-state index contributed by atoms with van der Waals surface area (Å²) in [6.07, 6.45) is 2.62. The highest BCUT2D eigenvalue weighted by Crippen LogP contribution is 2.47. The van der Waals surface area contributed by atoms with Crippen LogP contribution in [0.4, 0.5) is 5.69 Å². The van der Waals surface area contributed by atoms with E-state index in [4.69, 9.17) is 4.42 Å². The van der Waals surface area contributed by atoms with Crippen LogP contribution in [0.3, 0.4) is 0 Å². The number of para-hydroxylation sites is 1. The number of hydrogen-bond donors (Lipinski definition) is 0. The van der Waals surface area contributed by atoms with Crippen molar-refractivity contribution in [3.8, 4) is 0 Å². The Balaban J connectivity index is 1.96. The Morgan fingerprint density at radius 1 is 1.22 bits per heavy atom. The number of allylic oxidation sites excluding steroid dienone is 1. The maximum Gasteiger partial charge on any atom is 0.226 e. The molecule has 0 aliphatic carbocycles. The molecule has 0 unspecified atom stereocenters. The number of nitrogens with zero attached hydrogens (tertiary/aromatic N) is 1. The van der Waals surface area contributed by atoms with Crippen molar-refractivity contribution in [1.29, 1.82) is 0 Å². The fraction of sp³-hybridized carbons (Fsp3) is 0.316. The monoisotopic (exact) mass is 327 g/mol. The van der Waals surface area contributed by atoms with Crippen LogP contribution in [0.2, 0.25) is 0 Å². The van der Waals surface area contributed by atoms with E-state index in [1.165, 1.54) is 16.8 Å². The van der Waals surface area contributed by atoms with Crippen molar-refractivity contribution < 1.29 is 9.21 Å². The fourth-order valence-corrected chi connectivity index (χ4v) is 3.80. The number of benzene rings is 1. The highest BCUT2D eigenvalue weighted by atomic mass is 32.2. The Kier molecular flexibility index (Phi) is 4.62. The van der Waals surface area contributed by atoms with Gasteiger partial charge < -0.3 is 9.32 Å². The molecule has 0 radical (unpaired) electrons. The lowest BCUT2D eigenvalue weighted by molar-refractivity contribution is 0.100. The topological polar surface area (TPSA) is 33.5 Å². The Labute approximate surface area is 141 Å². The normalized spacial score (nSPS) is 15.9. The molecule has 0 atom stereocenters. The molecule has 0 N–H and O–H groups in total. The van der Waals surface area contributed by atoms with E-state index in [0.717, 1.165) is 23.6 Å². The average molecular weight is 327 g/mol. The van der Waals surface area contributed by atoms with E-state index < -0.39 is 0 Å². The third-order valence-corrected chi connectivity index (χ3v) is 5.23. The van der Waals surface area contributed by atoms with E-state index in [0.29, 0.717) is 11.7 Å². The molecule has 3 rings (SSSR count). The van der Waals surface area contributed by atoms with Gasteiger partial charge in [0.05, 0.1) is 17.0 Å². The smallest absolute Gasteiger partial charge is 0.226 e. The second kappa shape index (κ2) is 6.67. The van der Waals surface area contributed by atoms with Crippen molar-refractivity contribution in [2.45, 2.75) is 32.1 Å². The van der Waals surface area contributed by atoms with Crippen LogP contribution in [0.1, 0.15) is 37.7 Å². The van der Waals surface area contributed by atoms with Gasteiger partial charge in [-0.15, -0.1) is 0 Å². The van der Waals surface area contributed by atoms with Gasteiger partial charge in [0.2, 0.25) is 5.78 Å². The molecule has 0 bridgehead atoms. The molecule has 120 valence electrons. The summed E-state index contributed by atoms with van der Waals surface area (Å²) in [4.78, 5) is 16.1. The number of carbonyl (C=O) groups excluding carboxylic acids is 1. The summed E-state index contributed by atoms with van der Waals surface area (Å²) in [7, 11) is 0. The van der Waals surface area contributed by atoms with E-state index in [1.54, 1.807) is 23.9 Å². The molecule has 1 aromatic carbocycles. The molecular formula is C19H21NO2S. The van der Waals surface area contributed by atoms with E-state index in [1.807, 2.05) is 19.1 Å². The lowest BCUT2D eigenvalue weighted by Crippen LogP contribution is -2.22. The number of thioether (sulfide) groups is 1. The van der Waals surface area contributed by atoms with Crippen LogP contribution in [0.5, 0.6) is 0 Å². The summed E-state index contributed by atoms with van der Waals surface area (Å²) < 4.78 is 5.28. The zero-order valence-electron chi connectivity index (χ0n) is 13.7. The van der Waals surface area contributed by atoms with Crippen molar-refractivity contribution in [1.82, 2.24) is 0 Å². The van der Waals surface area contributed by atoms with Crippen LogP contribution in [-0.2, 0) is 0 Å². The van der Waals surface area contributed by atoms with Gasteiger partial charge in [0.15, 0.2) is 5.76 Å². The summed E-state index contributed by atoms with van der Waals surface area (Å²) in [5.41, 5.74) is 1.93. The standard InChI is InChI=1S/C19H21NO2S/c1-13(2)10-11-20-15-7-4-5-9-17(15)23-19(20)14(3)18(21)16-8-6-12-22-16/h4-9,12-13H,10-11H2,1-3H3/b19-14-. The van der Waals surface area contributed by atoms with Crippen molar-refractivity contribution in [3.05, 3.63) is 59.0 Å². The fourth-order valence-electron chi connectivity index (χ4n) is 2.61. The van der Waals surface area contributed by atoms with Crippen LogP contribution in [0, 0.1) is 5.92 Å². The minimum atomic E-state index is -0.0418. The van der Waals surface area contributed by atoms with E-state index in [2.05, 4.69) is 30.9 Å². The molecule has 0 fully saturated rings. The lowest BCUT2D eigenvalue weighted by atomic mass is 10.1. The largest absolute Gasteiger partial charge is 0.461 e. The van der Waals surface area contributed by atoms with Crippen molar-refractivity contribution in [3.63, 3.8) is 0 Å². The van der Waals surface area contributed by atoms with Gasteiger partial charge in [0, 0.05) is 17.0 Å². The first-order chi connectivity index (χ1) is 11.1. The number of anilines is 1. The predicted octanol–water partition coefficient (Wildman–Crippen LogP) is 5.35. The molecule has 0 saturated carbocycles. The van der Waals surface area contributed by atoms with E-state index in [-0.39, 0.29) is 5.78 Å². The highest BCUT2D eigenvalue weighted by molar-refractivity contribution is 8.03. The molecule has 1 aliphatic rings. The summed E-state index contributed by atoms with van der Waals surface area (Å²) in [6, 6.07) is 11.8. The van der Waals surface area contributed by atoms with Crippen LogP contribution in [0.25, 0.3) is 0 Å². The number of Topliss-reactive ketones (excluding diaryl/α,β-unsaturated/α-hetero) is 1. The molecule has 4 heteroatoms. The molecular weight excluding hydrogens is 306 g/mol. The van der Waals surface area contributed by atoms with E-state index >= 15 is 0 Å². The highest BCUT2D eigenvalue weighted by Gasteiger charge is 2.29. The molecule has 1 aromatic heterocycles. The molecule has 0 spiro atoms. The maximum atomic E-state index is 12.6. The van der Waals surface area contributed by atoms with Gasteiger partial charge in [-0.25, -0.2) is 0 Å². The first-order valence-electron chi connectivity index (χ1n) is 7.91. The van der Waals surface area contributed by atoms with Gasteiger partial charge in [-0.1, -0.05) is 37.7 Å². The third-order valence-electron chi connectivity index (χ3n) is 3.94. The second-order valence-corrected chi connectivity index (χ2v) is 7.17. The molecule has 2 aromatic rings. The summed E-state index contributed by atoms with van der Waals surface area (Å²) in [6.45, 7) is 7.25. The lowest BCUT2D eigenvalue weighted by Gasteiger charge is -2.22. The van der Waals surface area contributed by atoms with Gasteiger partial charge in [0.25, 0.3) is 0 Å². The summed E-state index contributed by atoms with van der Waals surface area (Å²) >= 11 is 1.67. The summed E-state index contributed by atoms with van der Waals surface area (Å²) in [5.74, 6) is 0.977. The second-order valence-electron chi connectivity index (χ2n) is 6.14. The number of carbonyl (C=O) groups is 1. The molecule has 2 heterocycles.